The SMILES string of the molecule is CC(=O)N(C)c1ccc(NC(=O)CN2CCC(O)(c3ccccc3C)C2)cc1. The van der Waals surface area contributed by atoms with Crippen LogP contribution in [-0.4, -0.2) is 48.5 Å². The van der Waals surface area contributed by atoms with E-state index in [2.05, 4.69) is 5.32 Å². The smallest absolute Gasteiger partial charge is 0.238 e. The molecule has 3 rings (SSSR count). The maximum atomic E-state index is 12.4. The first kappa shape index (κ1) is 20.0. The van der Waals surface area contributed by atoms with E-state index in [1.807, 2.05) is 36.1 Å². The fourth-order valence-corrected chi connectivity index (χ4v) is 3.67. The number of benzene rings is 2. The van der Waals surface area contributed by atoms with Crippen LogP contribution in [0, 0.1) is 6.92 Å². The van der Waals surface area contributed by atoms with Gasteiger partial charge in [0.15, 0.2) is 0 Å². The molecule has 0 aromatic heterocycles. The average molecular weight is 381 g/mol. The van der Waals surface area contributed by atoms with Gasteiger partial charge < -0.3 is 15.3 Å². The number of hydrogen-bond acceptors (Lipinski definition) is 4. The predicted molar refractivity (Wildman–Crippen MR) is 110 cm³/mol. The van der Waals surface area contributed by atoms with E-state index in [0.29, 0.717) is 25.2 Å². The minimum Gasteiger partial charge on any atom is -0.384 e. The third-order valence-corrected chi connectivity index (χ3v) is 5.35. The van der Waals surface area contributed by atoms with Gasteiger partial charge in [-0.15, -0.1) is 0 Å². The zero-order chi connectivity index (χ0) is 20.3. The second kappa shape index (κ2) is 8.12. The number of carbonyl (C=O) groups excluding carboxylic acids is 2. The Morgan fingerprint density at radius 3 is 2.50 bits per heavy atom. The topological polar surface area (TPSA) is 72.9 Å². The molecule has 2 N–H and O–H groups in total. The number of anilines is 2. The molecule has 0 spiro atoms. The Balaban J connectivity index is 1.57. The summed E-state index contributed by atoms with van der Waals surface area (Å²) in [6.07, 6.45) is 0.608. The van der Waals surface area contributed by atoms with Crippen LogP contribution in [0.2, 0.25) is 0 Å². The summed E-state index contributed by atoms with van der Waals surface area (Å²) in [7, 11) is 1.71. The van der Waals surface area contributed by atoms with Crippen molar-refractivity contribution in [1.82, 2.24) is 4.90 Å². The lowest BCUT2D eigenvalue weighted by atomic mass is 9.89. The van der Waals surface area contributed by atoms with Crippen LogP contribution < -0.4 is 10.2 Å². The zero-order valence-electron chi connectivity index (χ0n) is 16.6. The second-order valence-corrected chi connectivity index (χ2v) is 7.48. The molecule has 2 aromatic carbocycles. The Morgan fingerprint density at radius 1 is 1.18 bits per heavy atom. The molecule has 1 heterocycles. The number of likely N-dealkylation sites (tertiary alicyclic amines) is 1. The van der Waals surface area contributed by atoms with Crippen molar-refractivity contribution in [2.75, 3.05) is 36.9 Å². The van der Waals surface area contributed by atoms with Gasteiger partial charge in [0.1, 0.15) is 5.60 Å². The van der Waals surface area contributed by atoms with Gasteiger partial charge in [-0.3, -0.25) is 14.5 Å². The number of hydrogen-bond donors (Lipinski definition) is 2. The highest BCUT2D eigenvalue weighted by molar-refractivity contribution is 5.93. The first-order valence-corrected chi connectivity index (χ1v) is 9.43. The maximum Gasteiger partial charge on any atom is 0.238 e. The number of aliphatic hydroxyl groups is 1. The summed E-state index contributed by atoms with van der Waals surface area (Å²) in [5, 5.41) is 13.9. The highest BCUT2D eigenvalue weighted by Gasteiger charge is 2.38. The van der Waals surface area contributed by atoms with Crippen molar-refractivity contribution in [2.24, 2.45) is 0 Å². The number of nitrogens with zero attached hydrogens (tertiary/aromatic N) is 2. The minimum absolute atomic E-state index is 0.0491. The molecular weight excluding hydrogens is 354 g/mol. The standard InChI is InChI=1S/C22H27N3O3/c1-16-6-4-5-7-20(16)22(28)12-13-25(15-22)14-21(27)23-18-8-10-19(11-9-18)24(3)17(2)26/h4-11,28H,12-15H2,1-3H3,(H,23,27). The fraction of sp³-hybridized carbons (Fsp3) is 0.364. The summed E-state index contributed by atoms with van der Waals surface area (Å²) < 4.78 is 0. The number of rotatable bonds is 5. The molecule has 148 valence electrons. The average Bonchev–Trinajstić information content (AvgIpc) is 3.03. The Hall–Kier alpha value is -2.70. The lowest BCUT2D eigenvalue weighted by molar-refractivity contribution is -0.117. The van der Waals surface area contributed by atoms with Crippen molar-refractivity contribution < 1.29 is 14.7 Å². The molecule has 2 amide bonds. The summed E-state index contributed by atoms with van der Waals surface area (Å²) in [6.45, 7) is 4.83. The van der Waals surface area contributed by atoms with Crippen LogP contribution in [0.4, 0.5) is 11.4 Å². The van der Waals surface area contributed by atoms with E-state index in [-0.39, 0.29) is 18.4 Å². The van der Waals surface area contributed by atoms with Gasteiger partial charge in [0.25, 0.3) is 0 Å². The predicted octanol–water partition coefficient (Wildman–Crippen LogP) is 2.51. The van der Waals surface area contributed by atoms with Crippen LogP contribution in [0.5, 0.6) is 0 Å². The molecule has 6 heteroatoms. The number of nitrogens with one attached hydrogen (secondary N) is 1. The van der Waals surface area contributed by atoms with Crippen LogP contribution >= 0.6 is 0 Å². The Kier molecular flexibility index (Phi) is 5.82. The normalized spacial score (nSPS) is 19.4. The van der Waals surface area contributed by atoms with E-state index in [0.717, 1.165) is 16.8 Å². The van der Waals surface area contributed by atoms with Crippen molar-refractivity contribution in [3.63, 3.8) is 0 Å². The third kappa shape index (κ3) is 4.40. The lowest BCUT2D eigenvalue weighted by Gasteiger charge is -2.25. The van der Waals surface area contributed by atoms with Crippen LogP contribution in [0.1, 0.15) is 24.5 Å². The van der Waals surface area contributed by atoms with Crippen molar-refractivity contribution in [2.45, 2.75) is 25.9 Å². The van der Waals surface area contributed by atoms with E-state index in [1.54, 1.807) is 36.2 Å². The molecule has 0 saturated carbocycles. The molecule has 2 aromatic rings. The van der Waals surface area contributed by atoms with Gasteiger partial charge >= 0.3 is 0 Å². The van der Waals surface area contributed by atoms with Gasteiger partial charge in [-0.2, -0.15) is 0 Å². The number of aryl methyl sites for hydroxylation is 1. The summed E-state index contributed by atoms with van der Waals surface area (Å²) in [5.41, 5.74) is 2.53. The first-order valence-electron chi connectivity index (χ1n) is 9.43. The first-order chi connectivity index (χ1) is 13.3. The Morgan fingerprint density at radius 2 is 1.86 bits per heavy atom. The van der Waals surface area contributed by atoms with Crippen LogP contribution in [0.15, 0.2) is 48.5 Å². The lowest BCUT2D eigenvalue weighted by Crippen LogP contribution is -2.35. The van der Waals surface area contributed by atoms with E-state index in [4.69, 9.17) is 0 Å². The molecule has 1 saturated heterocycles. The number of β-amino-alcohol motifs (C(OH)–C–C–N with tert-alkyl or cyclic N) is 1. The third-order valence-electron chi connectivity index (χ3n) is 5.35. The highest BCUT2D eigenvalue weighted by Crippen LogP contribution is 2.33. The van der Waals surface area contributed by atoms with Gasteiger partial charge in [0.05, 0.1) is 6.54 Å². The fourth-order valence-electron chi connectivity index (χ4n) is 3.67. The monoisotopic (exact) mass is 381 g/mol. The second-order valence-electron chi connectivity index (χ2n) is 7.48. The minimum atomic E-state index is -0.912. The van der Waals surface area contributed by atoms with Crippen molar-refractivity contribution in [3.8, 4) is 0 Å². The number of amides is 2. The highest BCUT2D eigenvalue weighted by atomic mass is 16.3. The van der Waals surface area contributed by atoms with E-state index < -0.39 is 5.60 Å². The molecule has 1 fully saturated rings. The van der Waals surface area contributed by atoms with Crippen LogP contribution in [-0.2, 0) is 15.2 Å². The molecule has 28 heavy (non-hydrogen) atoms. The van der Waals surface area contributed by atoms with Gasteiger partial charge in [-0.25, -0.2) is 0 Å². The largest absolute Gasteiger partial charge is 0.384 e. The molecule has 0 bridgehead atoms. The van der Waals surface area contributed by atoms with Crippen molar-refractivity contribution >= 4 is 23.2 Å². The zero-order valence-corrected chi connectivity index (χ0v) is 16.6. The van der Waals surface area contributed by atoms with Crippen LogP contribution in [0.25, 0.3) is 0 Å². The summed E-state index contributed by atoms with van der Waals surface area (Å²) >= 11 is 0. The molecular formula is C22H27N3O3. The van der Waals surface area contributed by atoms with Crippen molar-refractivity contribution in [3.05, 3.63) is 59.7 Å². The molecule has 1 aliphatic heterocycles. The molecule has 1 aliphatic rings. The van der Waals surface area contributed by atoms with Gasteiger partial charge in [-0.1, -0.05) is 24.3 Å². The number of carbonyl (C=O) groups is 2. The Bertz CT molecular complexity index is 866. The van der Waals surface area contributed by atoms with Crippen molar-refractivity contribution in [1.29, 1.82) is 0 Å². The molecule has 0 radical (unpaired) electrons. The Labute approximate surface area is 165 Å². The quantitative estimate of drug-likeness (QED) is 0.835. The maximum absolute atomic E-state index is 12.4. The summed E-state index contributed by atoms with van der Waals surface area (Å²) in [4.78, 5) is 27.3. The molecule has 1 atom stereocenters. The van der Waals surface area contributed by atoms with Crippen LogP contribution in [0.3, 0.4) is 0 Å². The van der Waals surface area contributed by atoms with Gasteiger partial charge in [-0.05, 0) is 48.7 Å². The van der Waals surface area contributed by atoms with E-state index in [1.165, 1.54) is 6.92 Å². The molecule has 0 aliphatic carbocycles. The molecule has 6 nitrogen and oxygen atoms in total. The summed E-state index contributed by atoms with van der Waals surface area (Å²) in [6, 6.07) is 15.0. The van der Waals surface area contributed by atoms with Gasteiger partial charge in [0.2, 0.25) is 11.8 Å². The van der Waals surface area contributed by atoms with E-state index in [9.17, 15) is 14.7 Å². The van der Waals surface area contributed by atoms with Gasteiger partial charge in [0, 0.05) is 38.4 Å². The summed E-state index contributed by atoms with van der Waals surface area (Å²) in [5.74, 6) is -0.173. The molecule has 1 unspecified atom stereocenters. The van der Waals surface area contributed by atoms with E-state index >= 15 is 0 Å².